The lowest BCUT2D eigenvalue weighted by atomic mass is 10.1. The van der Waals surface area contributed by atoms with Crippen LogP contribution in [0.2, 0.25) is 5.02 Å². The number of nitrogens with zero attached hydrogens (tertiary/aromatic N) is 3. The minimum absolute atomic E-state index is 0.306. The third-order valence-electron chi connectivity index (χ3n) is 3.41. The van der Waals surface area contributed by atoms with Crippen LogP contribution in [0.1, 0.15) is 11.1 Å². The lowest BCUT2D eigenvalue weighted by molar-refractivity contribution is 0.895. The monoisotopic (exact) mass is 308 g/mol. The molecular weight excluding hydrogens is 296 g/mol. The van der Waals surface area contributed by atoms with Gasteiger partial charge in [0.1, 0.15) is 23.1 Å². The molecule has 0 bridgehead atoms. The average Bonchev–Trinajstić information content (AvgIpc) is 2.84. The highest BCUT2D eigenvalue weighted by Gasteiger charge is 2.19. The number of rotatable bonds is 2. The van der Waals surface area contributed by atoms with Gasteiger partial charge in [0.25, 0.3) is 0 Å². The van der Waals surface area contributed by atoms with Crippen LogP contribution in [0.5, 0.6) is 0 Å². The SMILES string of the molecule is Cc1ccc(-c2nn(-c3ccccc3)c(N)c2C#N)c(Cl)c1. The number of para-hydroxylation sites is 1. The number of nitriles is 1. The van der Waals surface area contributed by atoms with Gasteiger partial charge in [-0.15, -0.1) is 0 Å². The summed E-state index contributed by atoms with van der Waals surface area (Å²) in [5, 5.41) is 14.5. The van der Waals surface area contributed by atoms with Crippen LogP contribution >= 0.6 is 11.6 Å². The fourth-order valence-electron chi connectivity index (χ4n) is 2.31. The number of hydrogen-bond acceptors (Lipinski definition) is 3. The van der Waals surface area contributed by atoms with E-state index in [1.807, 2.05) is 55.5 Å². The molecule has 0 atom stereocenters. The first-order valence-electron chi connectivity index (χ1n) is 6.72. The molecule has 2 aromatic carbocycles. The van der Waals surface area contributed by atoms with Gasteiger partial charge in [0.15, 0.2) is 0 Å². The van der Waals surface area contributed by atoms with Crippen molar-refractivity contribution in [3.63, 3.8) is 0 Å². The van der Waals surface area contributed by atoms with E-state index in [4.69, 9.17) is 17.3 Å². The Morgan fingerprint density at radius 2 is 1.91 bits per heavy atom. The van der Waals surface area contributed by atoms with E-state index < -0.39 is 0 Å². The van der Waals surface area contributed by atoms with Gasteiger partial charge in [0.2, 0.25) is 0 Å². The molecule has 2 N–H and O–H groups in total. The van der Waals surface area contributed by atoms with Crippen molar-refractivity contribution in [2.75, 3.05) is 5.73 Å². The topological polar surface area (TPSA) is 67.6 Å². The van der Waals surface area contributed by atoms with E-state index in [1.165, 1.54) is 0 Å². The fourth-order valence-corrected chi connectivity index (χ4v) is 2.63. The Balaban J connectivity index is 2.24. The molecule has 0 aliphatic heterocycles. The number of nitrogen functional groups attached to an aromatic ring is 1. The van der Waals surface area contributed by atoms with E-state index in [-0.39, 0.29) is 0 Å². The zero-order valence-corrected chi connectivity index (χ0v) is 12.7. The molecule has 0 saturated carbocycles. The molecule has 0 radical (unpaired) electrons. The van der Waals surface area contributed by atoms with E-state index in [9.17, 15) is 5.26 Å². The summed E-state index contributed by atoms with van der Waals surface area (Å²) in [5.74, 6) is 0.306. The van der Waals surface area contributed by atoms with Crippen LogP contribution in [0.3, 0.4) is 0 Å². The van der Waals surface area contributed by atoms with Crippen LogP contribution in [0.25, 0.3) is 16.9 Å². The van der Waals surface area contributed by atoms with Gasteiger partial charge in [-0.05, 0) is 30.7 Å². The molecule has 22 heavy (non-hydrogen) atoms. The Labute approximate surface area is 133 Å². The standard InChI is InChI=1S/C17H13ClN4/c1-11-7-8-13(15(18)9-11)16-14(10-19)17(20)22(21-16)12-5-3-2-4-6-12/h2-9H,20H2,1H3. The molecule has 0 aliphatic rings. The van der Waals surface area contributed by atoms with Crippen molar-refractivity contribution < 1.29 is 0 Å². The van der Waals surface area contributed by atoms with Gasteiger partial charge in [0.05, 0.1) is 10.7 Å². The minimum Gasteiger partial charge on any atom is -0.382 e. The molecule has 0 aliphatic carbocycles. The summed E-state index contributed by atoms with van der Waals surface area (Å²) in [6.45, 7) is 1.96. The van der Waals surface area contributed by atoms with Crippen molar-refractivity contribution in [3.8, 4) is 23.0 Å². The number of halogens is 1. The maximum absolute atomic E-state index is 9.44. The van der Waals surface area contributed by atoms with Crippen LogP contribution in [-0.2, 0) is 0 Å². The van der Waals surface area contributed by atoms with Crippen LogP contribution in [0.4, 0.5) is 5.82 Å². The number of aryl methyl sites for hydroxylation is 1. The molecule has 1 aromatic heterocycles. The molecule has 4 nitrogen and oxygen atoms in total. The van der Waals surface area contributed by atoms with Crippen LogP contribution < -0.4 is 5.73 Å². The summed E-state index contributed by atoms with van der Waals surface area (Å²) in [6.07, 6.45) is 0. The van der Waals surface area contributed by atoms with Gasteiger partial charge < -0.3 is 5.73 Å². The third-order valence-corrected chi connectivity index (χ3v) is 3.73. The van der Waals surface area contributed by atoms with E-state index >= 15 is 0 Å². The van der Waals surface area contributed by atoms with Crippen molar-refractivity contribution in [3.05, 3.63) is 64.7 Å². The highest BCUT2D eigenvalue weighted by Crippen LogP contribution is 2.33. The number of benzene rings is 2. The maximum Gasteiger partial charge on any atom is 0.145 e. The lowest BCUT2D eigenvalue weighted by Crippen LogP contribution is -2.01. The summed E-state index contributed by atoms with van der Waals surface area (Å²) in [6, 6.07) is 17.2. The van der Waals surface area contributed by atoms with Crippen molar-refractivity contribution in [1.29, 1.82) is 5.26 Å². The predicted octanol–water partition coefficient (Wildman–Crippen LogP) is 3.96. The van der Waals surface area contributed by atoms with E-state index in [0.29, 0.717) is 27.7 Å². The van der Waals surface area contributed by atoms with Crippen molar-refractivity contribution >= 4 is 17.4 Å². The first kappa shape index (κ1) is 14.2. The molecule has 0 fully saturated rings. The summed E-state index contributed by atoms with van der Waals surface area (Å²) < 4.78 is 1.56. The van der Waals surface area contributed by atoms with Crippen molar-refractivity contribution in [2.45, 2.75) is 6.92 Å². The average molecular weight is 309 g/mol. The predicted molar refractivity (Wildman–Crippen MR) is 87.9 cm³/mol. The molecule has 0 spiro atoms. The highest BCUT2D eigenvalue weighted by molar-refractivity contribution is 6.33. The van der Waals surface area contributed by atoms with Gasteiger partial charge in [-0.25, -0.2) is 4.68 Å². The van der Waals surface area contributed by atoms with Crippen LogP contribution in [0.15, 0.2) is 48.5 Å². The van der Waals surface area contributed by atoms with E-state index in [1.54, 1.807) is 4.68 Å². The summed E-state index contributed by atoms with van der Waals surface area (Å²) >= 11 is 6.30. The Morgan fingerprint density at radius 1 is 1.18 bits per heavy atom. The lowest BCUT2D eigenvalue weighted by Gasteiger charge is -2.03. The number of hydrogen-bond donors (Lipinski definition) is 1. The summed E-state index contributed by atoms with van der Waals surface area (Å²) in [5.41, 5.74) is 9.46. The highest BCUT2D eigenvalue weighted by atomic mass is 35.5. The first-order chi connectivity index (χ1) is 10.6. The van der Waals surface area contributed by atoms with Crippen molar-refractivity contribution in [1.82, 2.24) is 9.78 Å². The number of aromatic nitrogens is 2. The Morgan fingerprint density at radius 3 is 2.55 bits per heavy atom. The fraction of sp³-hybridized carbons (Fsp3) is 0.0588. The molecule has 5 heteroatoms. The molecule has 0 saturated heterocycles. The van der Waals surface area contributed by atoms with E-state index in [0.717, 1.165) is 11.3 Å². The summed E-state index contributed by atoms with van der Waals surface area (Å²) in [7, 11) is 0. The van der Waals surface area contributed by atoms with Crippen molar-refractivity contribution in [2.24, 2.45) is 0 Å². The zero-order chi connectivity index (χ0) is 15.7. The largest absolute Gasteiger partial charge is 0.382 e. The second-order valence-electron chi connectivity index (χ2n) is 4.95. The van der Waals surface area contributed by atoms with Gasteiger partial charge in [-0.2, -0.15) is 10.4 Å². The van der Waals surface area contributed by atoms with E-state index in [2.05, 4.69) is 11.2 Å². The molecule has 108 valence electrons. The number of anilines is 1. The van der Waals surface area contributed by atoms with Gasteiger partial charge in [0, 0.05) is 5.56 Å². The van der Waals surface area contributed by atoms with Gasteiger partial charge in [-0.3, -0.25) is 0 Å². The minimum atomic E-state index is 0.306. The quantitative estimate of drug-likeness (QED) is 0.779. The van der Waals surface area contributed by atoms with Crippen LogP contribution in [0, 0.1) is 18.3 Å². The molecule has 0 amide bonds. The second kappa shape index (κ2) is 5.55. The molecule has 0 unspecified atom stereocenters. The first-order valence-corrected chi connectivity index (χ1v) is 7.10. The van der Waals surface area contributed by atoms with Gasteiger partial charge >= 0.3 is 0 Å². The molecular formula is C17H13ClN4. The number of nitrogens with two attached hydrogens (primary N) is 1. The smallest absolute Gasteiger partial charge is 0.145 e. The second-order valence-corrected chi connectivity index (χ2v) is 5.36. The normalized spacial score (nSPS) is 10.4. The maximum atomic E-state index is 9.44. The zero-order valence-electron chi connectivity index (χ0n) is 11.9. The Bertz CT molecular complexity index is 876. The summed E-state index contributed by atoms with van der Waals surface area (Å²) in [4.78, 5) is 0. The molecule has 1 heterocycles. The molecule has 3 rings (SSSR count). The molecule has 3 aromatic rings. The Kier molecular flexibility index (Phi) is 3.58. The third kappa shape index (κ3) is 2.32. The van der Waals surface area contributed by atoms with Gasteiger partial charge in [-0.1, -0.05) is 41.9 Å². The van der Waals surface area contributed by atoms with Crippen LogP contribution in [-0.4, -0.2) is 9.78 Å². The Hall–Kier alpha value is -2.77.